The number of nitrogens with one attached hydrogen (secondary N) is 1. The van der Waals surface area contributed by atoms with Crippen molar-refractivity contribution in [1.82, 2.24) is 5.32 Å². The number of thioether (sulfide) groups is 1. The molecule has 106 valence electrons. The standard InChI is InChI=1S/C14H21NO3S/c1-2-14(10-16,11-17)15-13(18)8-9-19-12-6-4-3-5-7-12/h3-7,16-17H,2,8-11H2,1H3,(H,15,18). The largest absolute Gasteiger partial charge is 0.394 e. The SMILES string of the molecule is CCC(CO)(CO)NC(=O)CCSc1ccccc1. The predicted octanol–water partition coefficient (Wildman–Crippen LogP) is 1.42. The molecule has 0 saturated heterocycles. The lowest BCUT2D eigenvalue weighted by Crippen LogP contribution is -2.53. The van der Waals surface area contributed by atoms with Gasteiger partial charge in [0, 0.05) is 17.1 Å². The van der Waals surface area contributed by atoms with E-state index in [2.05, 4.69) is 5.32 Å². The van der Waals surface area contributed by atoms with Gasteiger partial charge in [-0.1, -0.05) is 25.1 Å². The normalized spacial score (nSPS) is 11.3. The fourth-order valence-electron chi connectivity index (χ4n) is 1.58. The summed E-state index contributed by atoms with van der Waals surface area (Å²) >= 11 is 1.61. The number of carbonyl (C=O) groups excluding carboxylic acids is 1. The average molecular weight is 283 g/mol. The van der Waals surface area contributed by atoms with Crippen LogP contribution in [-0.4, -0.2) is 40.6 Å². The number of carbonyl (C=O) groups is 1. The lowest BCUT2D eigenvalue weighted by Gasteiger charge is -2.29. The van der Waals surface area contributed by atoms with Crippen LogP contribution in [0, 0.1) is 0 Å². The van der Waals surface area contributed by atoms with E-state index < -0.39 is 5.54 Å². The molecule has 1 amide bonds. The smallest absolute Gasteiger partial charge is 0.221 e. The van der Waals surface area contributed by atoms with Gasteiger partial charge in [0.25, 0.3) is 0 Å². The van der Waals surface area contributed by atoms with Crippen molar-refractivity contribution in [3.05, 3.63) is 30.3 Å². The number of rotatable bonds is 8. The number of aliphatic hydroxyl groups is 2. The van der Waals surface area contributed by atoms with Gasteiger partial charge in [-0.15, -0.1) is 11.8 Å². The molecule has 0 spiro atoms. The van der Waals surface area contributed by atoms with Crippen molar-refractivity contribution < 1.29 is 15.0 Å². The molecule has 0 bridgehead atoms. The van der Waals surface area contributed by atoms with Crippen LogP contribution in [0.2, 0.25) is 0 Å². The third-order valence-electron chi connectivity index (χ3n) is 3.03. The first-order valence-corrected chi connectivity index (χ1v) is 7.35. The Morgan fingerprint density at radius 2 is 1.89 bits per heavy atom. The van der Waals surface area contributed by atoms with Crippen molar-refractivity contribution in [2.45, 2.75) is 30.2 Å². The fraction of sp³-hybridized carbons (Fsp3) is 0.500. The Balaban J connectivity index is 2.35. The molecule has 0 aromatic heterocycles. The van der Waals surface area contributed by atoms with Crippen molar-refractivity contribution in [3.8, 4) is 0 Å². The highest BCUT2D eigenvalue weighted by atomic mass is 32.2. The minimum Gasteiger partial charge on any atom is -0.394 e. The summed E-state index contributed by atoms with van der Waals surface area (Å²) in [5, 5.41) is 21.2. The van der Waals surface area contributed by atoms with Gasteiger partial charge in [-0.05, 0) is 18.6 Å². The highest BCUT2D eigenvalue weighted by Gasteiger charge is 2.28. The van der Waals surface area contributed by atoms with E-state index in [-0.39, 0.29) is 19.1 Å². The minimum atomic E-state index is -0.894. The van der Waals surface area contributed by atoms with E-state index in [1.807, 2.05) is 37.3 Å². The van der Waals surface area contributed by atoms with Crippen molar-refractivity contribution in [1.29, 1.82) is 0 Å². The first kappa shape index (κ1) is 16.0. The first-order valence-electron chi connectivity index (χ1n) is 6.36. The molecule has 0 aliphatic rings. The molecule has 0 atom stereocenters. The zero-order valence-electron chi connectivity index (χ0n) is 11.1. The van der Waals surface area contributed by atoms with E-state index >= 15 is 0 Å². The molecule has 1 aromatic rings. The second-order valence-electron chi connectivity index (χ2n) is 4.41. The zero-order chi connectivity index (χ0) is 14.1. The molecule has 3 N–H and O–H groups in total. The topological polar surface area (TPSA) is 69.6 Å². The number of benzene rings is 1. The first-order chi connectivity index (χ1) is 9.15. The Kier molecular flexibility index (Phi) is 6.91. The Morgan fingerprint density at radius 1 is 1.26 bits per heavy atom. The molecule has 1 aromatic carbocycles. The second-order valence-corrected chi connectivity index (χ2v) is 5.58. The summed E-state index contributed by atoms with van der Waals surface area (Å²) in [7, 11) is 0. The predicted molar refractivity (Wildman–Crippen MR) is 77.1 cm³/mol. The molecule has 0 aliphatic carbocycles. The van der Waals surface area contributed by atoms with Crippen molar-refractivity contribution in [2.75, 3.05) is 19.0 Å². The van der Waals surface area contributed by atoms with Gasteiger partial charge in [-0.2, -0.15) is 0 Å². The molecular formula is C14H21NO3S. The monoisotopic (exact) mass is 283 g/mol. The van der Waals surface area contributed by atoms with Crippen LogP contribution in [0.15, 0.2) is 35.2 Å². The van der Waals surface area contributed by atoms with Crippen LogP contribution in [0.5, 0.6) is 0 Å². The molecule has 4 nitrogen and oxygen atoms in total. The van der Waals surface area contributed by atoms with Crippen molar-refractivity contribution >= 4 is 17.7 Å². The summed E-state index contributed by atoms with van der Waals surface area (Å²) in [6.07, 6.45) is 0.860. The van der Waals surface area contributed by atoms with Crippen LogP contribution in [0.25, 0.3) is 0 Å². The lowest BCUT2D eigenvalue weighted by atomic mass is 9.98. The molecule has 0 radical (unpaired) electrons. The van der Waals surface area contributed by atoms with Crippen LogP contribution in [0.4, 0.5) is 0 Å². The Labute approximate surface area is 118 Å². The number of aliphatic hydroxyl groups excluding tert-OH is 2. The maximum absolute atomic E-state index is 11.8. The van der Waals surface area contributed by atoms with Crippen LogP contribution in [0.1, 0.15) is 19.8 Å². The van der Waals surface area contributed by atoms with Crippen molar-refractivity contribution in [3.63, 3.8) is 0 Å². The van der Waals surface area contributed by atoms with E-state index in [1.165, 1.54) is 0 Å². The Morgan fingerprint density at radius 3 is 2.42 bits per heavy atom. The molecule has 5 heteroatoms. The summed E-state index contributed by atoms with van der Waals surface area (Å²) in [6, 6.07) is 9.87. The Hall–Kier alpha value is -1.04. The van der Waals surface area contributed by atoms with Gasteiger partial charge in [0.05, 0.1) is 18.8 Å². The van der Waals surface area contributed by atoms with Gasteiger partial charge in [0.1, 0.15) is 0 Å². The number of amides is 1. The minimum absolute atomic E-state index is 0.145. The van der Waals surface area contributed by atoms with Crippen LogP contribution >= 0.6 is 11.8 Å². The van der Waals surface area contributed by atoms with E-state index in [9.17, 15) is 15.0 Å². The van der Waals surface area contributed by atoms with Gasteiger partial charge in [-0.3, -0.25) is 4.79 Å². The molecule has 0 saturated carbocycles. The zero-order valence-corrected chi connectivity index (χ0v) is 11.9. The van der Waals surface area contributed by atoms with Crippen LogP contribution < -0.4 is 5.32 Å². The molecule has 19 heavy (non-hydrogen) atoms. The second kappa shape index (κ2) is 8.19. The van der Waals surface area contributed by atoms with E-state index in [0.717, 1.165) is 4.90 Å². The number of hydrogen-bond acceptors (Lipinski definition) is 4. The fourth-order valence-corrected chi connectivity index (χ4v) is 2.45. The average Bonchev–Trinajstić information content (AvgIpc) is 2.46. The highest BCUT2D eigenvalue weighted by Crippen LogP contribution is 2.18. The third-order valence-corrected chi connectivity index (χ3v) is 4.04. The molecular weight excluding hydrogens is 262 g/mol. The molecule has 0 heterocycles. The van der Waals surface area contributed by atoms with E-state index in [4.69, 9.17) is 0 Å². The van der Waals surface area contributed by atoms with Crippen molar-refractivity contribution in [2.24, 2.45) is 0 Å². The van der Waals surface area contributed by atoms with Gasteiger partial charge >= 0.3 is 0 Å². The van der Waals surface area contributed by atoms with Gasteiger partial charge in [0.15, 0.2) is 0 Å². The van der Waals surface area contributed by atoms with E-state index in [0.29, 0.717) is 18.6 Å². The lowest BCUT2D eigenvalue weighted by molar-refractivity contribution is -0.124. The quantitative estimate of drug-likeness (QED) is 0.631. The summed E-state index contributed by atoms with van der Waals surface area (Å²) in [5.41, 5.74) is -0.894. The highest BCUT2D eigenvalue weighted by molar-refractivity contribution is 7.99. The molecule has 1 rings (SSSR count). The summed E-state index contributed by atoms with van der Waals surface area (Å²) in [4.78, 5) is 12.9. The molecule has 0 aliphatic heterocycles. The van der Waals surface area contributed by atoms with Gasteiger partial charge < -0.3 is 15.5 Å². The Bertz CT molecular complexity index is 371. The summed E-state index contributed by atoms with van der Waals surface area (Å²) < 4.78 is 0. The van der Waals surface area contributed by atoms with Gasteiger partial charge in [0.2, 0.25) is 5.91 Å². The third kappa shape index (κ3) is 5.22. The van der Waals surface area contributed by atoms with Crippen LogP contribution in [0.3, 0.4) is 0 Å². The van der Waals surface area contributed by atoms with E-state index in [1.54, 1.807) is 11.8 Å². The maximum Gasteiger partial charge on any atom is 0.221 e. The summed E-state index contributed by atoms with van der Waals surface area (Å²) in [5.74, 6) is 0.528. The van der Waals surface area contributed by atoms with Crippen LogP contribution in [-0.2, 0) is 4.79 Å². The molecule has 0 unspecified atom stereocenters. The number of hydrogen-bond donors (Lipinski definition) is 3. The maximum atomic E-state index is 11.8. The molecule has 0 fully saturated rings. The summed E-state index contributed by atoms with van der Waals surface area (Å²) in [6.45, 7) is 1.32. The van der Waals surface area contributed by atoms with Gasteiger partial charge in [-0.25, -0.2) is 0 Å².